The summed E-state index contributed by atoms with van der Waals surface area (Å²) in [6, 6.07) is 5.78. The van der Waals surface area contributed by atoms with E-state index in [1.54, 1.807) is 0 Å². The minimum atomic E-state index is 0.759. The maximum atomic E-state index is 4.07. The molecule has 19 heavy (non-hydrogen) atoms. The molecule has 1 aromatic heterocycles. The van der Waals surface area contributed by atoms with Gasteiger partial charge in [0, 0.05) is 31.0 Å². The molecule has 0 aliphatic heterocycles. The fourth-order valence-electron chi connectivity index (χ4n) is 3.05. The molecule has 0 amide bonds. The van der Waals surface area contributed by atoms with Crippen LogP contribution in [-0.2, 0) is 6.42 Å². The molecular weight excluding hydrogens is 234 g/mol. The summed E-state index contributed by atoms with van der Waals surface area (Å²) in [6.07, 6.45) is 10.2. The van der Waals surface area contributed by atoms with E-state index in [2.05, 4.69) is 41.3 Å². The van der Waals surface area contributed by atoms with Crippen molar-refractivity contribution in [2.75, 3.05) is 20.1 Å². The van der Waals surface area contributed by atoms with Gasteiger partial charge in [0.05, 0.1) is 0 Å². The summed E-state index contributed by atoms with van der Waals surface area (Å²) < 4.78 is 0. The van der Waals surface area contributed by atoms with Crippen molar-refractivity contribution in [3.05, 3.63) is 30.1 Å². The van der Waals surface area contributed by atoms with E-state index in [0.29, 0.717) is 0 Å². The molecule has 1 aromatic rings. The second kappa shape index (κ2) is 7.61. The van der Waals surface area contributed by atoms with E-state index in [1.807, 2.05) is 12.4 Å². The fraction of sp³-hybridized carbons (Fsp3) is 0.688. The minimum absolute atomic E-state index is 0.759. The van der Waals surface area contributed by atoms with E-state index in [-0.39, 0.29) is 0 Å². The first-order valence-electron chi connectivity index (χ1n) is 7.62. The Morgan fingerprint density at radius 3 is 2.53 bits per heavy atom. The number of hydrogen-bond donors (Lipinski definition) is 1. The van der Waals surface area contributed by atoms with Gasteiger partial charge in [-0.3, -0.25) is 4.98 Å². The van der Waals surface area contributed by atoms with Crippen LogP contribution in [0, 0.1) is 0 Å². The van der Waals surface area contributed by atoms with Gasteiger partial charge in [-0.1, -0.05) is 6.92 Å². The molecule has 1 N–H and O–H groups in total. The summed E-state index contributed by atoms with van der Waals surface area (Å²) in [4.78, 5) is 6.61. The highest BCUT2D eigenvalue weighted by molar-refractivity contribution is 5.09. The van der Waals surface area contributed by atoms with E-state index in [0.717, 1.165) is 31.6 Å². The van der Waals surface area contributed by atoms with Gasteiger partial charge >= 0.3 is 0 Å². The number of pyridine rings is 1. The smallest absolute Gasteiger partial charge is 0.0270 e. The predicted molar refractivity (Wildman–Crippen MR) is 80.3 cm³/mol. The second-order valence-corrected chi connectivity index (χ2v) is 5.65. The molecule has 3 nitrogen and oxygen atoms in total. The van der Waals surface area contributed by atoms with Gasteiger partial charge in [-0.05, 0) is 63.4 Å². The molecule has 0 spiro atoms. The molecule has 3 heteroatoms. The van der Waals surface area contributed by atoms with Crippen LogP contribution in [-0.4, -0.2) is 42.1 Å². The van der Waals surface area contributed by atoms with Gasteiger partial charge in [-0.25, -0.2) is 0 Å². The number of aromatic nitrogens is 1. The zero-order valence-electron chi connectivity index (χ0n) is 12.3. The van der Waals surface area contributed by atoms with Crippen molar-refractivity contribution in [1.29, 1.82) is 0 Å². The van der Waals surface area contributed by atoms with E-state index >= 15 is 0 Å². The lowest BCUT2D eigenvalue weighted by atomic mass is 9.90. The zero-order valence-corrected chi connectivity index (χ0v) is 12.3. The monoisotopic (exact) mass is 261 g/mol. The van der Waals surface area contributed by atoms with Gasteiger partial charge in [0.15, 0.2) is 0 Å². The van der Waals surface area contributed by atoms with Crippen molar-refractivity contribution < 1.29 is 0 Å². The fourth-order valence-corrected chi connectivity index (χ4v) is 3.05. The normalized spacial score (nSPS) is 23.7. The highest BCUT2D eigenvalue weighted by Crippen LogP contribution is 2.22. The predicted octanol–water partition coefficient (Wildman–Crippen LogP) is 2.48. The third kappa shape index (κ3) is 4.59. The largest absolute Gasteiger partial charge is 0.314 e. The summed E-state index contributed by atoms with van der Waals surface area (Å²) in [5.74, 6) is 0. The first-order chi connectivity index (χ1) is 9.29. The summed E-state index contributed by atoms with van der Waals surface area (Å²) in [7, 11) is 2.28. The Morgan fingerprint density at radius 2 is 1.89 bits per heavy atom. The van der Waals surface area contributed by atoms with Gasteiger partial charge in [0.25, 0.3) is 0 Å². The maximum Gasteiger partial charge on any atom is 0.0270 e. The number of likely N-dealkylation sites (N-methyl/N-ethyl adjacent to an activating group) is 1. The Labute approximate surface area is 117 Å². The molecule has 2 rings (SSSR count). The van der Waals surface area contributed by atoms with Gasteiger partial charge in [0.1, 0.15) is 0 Å². The molecule has 0 aromatic carbocycles. The topological polar surface area (TPSA) is 28.2 Å². The second-order valence-electron chi connectivity index (χ2n) is 5.65. The van der Waals surface area contributed by atoms with Crippen molar-refractivity contribution in [3.8, 4) is 0 Å². The molecule has 0 unspecified atom stereocenters. The van der Waals surface area contributed by atoms with E-state index < -0.39 is 0 Å². The van der Waals surface area contributed by atoms with Crippen molar-refractivity contribution in [3.63, 3.8) is 0 Å². The molecule has 0 atom stereocenters. The zero-order chi connectivity index (χ0) is 13.5. The summed E-state index contributed by atoms with van der Waals surface area (Å²) in [6.45, 7) is 4.46. The van der Waals surface area contributed by atoms with E-state index in [9.17, 15) is 0 Å². The van der Waals surface area contributed by atoms with Crippen molar-refractivity contribution in [2.24, 2.45) is 0 Å². The van der Waals surface area contributed by atoms with Gasteiger partial charge < -0.3 is 10.2 Å². The Balaban J connectivity index is 1.71. The quantitative estimate of drug-likeness (QED) is 0.852. The standard InChI is InChI=1S/C16H27N3/c1-3-18-15-4-6-16(7-5-15)19(2)13-10-14-8-11-17-12-9-14/h8-9,11-12,15-16,18H,3-7,10,13H2,1-2H3. The third-order valence-electron chi connectivity index (χ3n) is 4.32. The van der Waals surface area contributed by atoms with Crippen molar-refractivity contribution in [2.45, 2.75) is 51.1 Å². The molecule has 1 fully saturated rings. The van der Waals surface area contributed by atoms with Crippen LogP contribution < -0.4 is 5.32 Å². The van der Waals surface area contributed by atoms with Gasteiger partial charge in [-0.2, -0.15) is 0 Å². The minimum Gasteiger partial charge on any atom is -0.314 e. The molecule has 0 bridgehead atoms. The van der Waals surface area contributed by atoms with Crippen LogP contribution in [0.1, 0.15) is 38.2 Å². The number of rotatable bonds is 6. The summed E-state index contributed by atoms with van der Waals surface area (Å²) in [5, 5.41) is 3.58. The summed E-state index contributed by atoms with van der Waals surface area (Å²) in [5.41, 5.74) is 1.39. The van der Waals surface area contributed by atoms with Gasteiger partial charge in [-0.15, -0.1) is 0 Å². The Kier molecular flexibility index (Phi) is 5.80. The van der Waals surface area contributed by atoms with E-state index in [1.165, 1.54) is 31.2 Å². The molecule has 1 heterocycles. The van der Waals surface area contributed by atoms with Crippen LogP contribution in [0.25, 0.3) is 0 Å². The maximum absolute atomic E-state index is 4.07. The van der Waals surface area contributed by atoms with Crippen LogP contribution in [0.5, 0.6) is 0 Å². The Morgan fingerprint density at radius 1 is 1.21 bits per heavy atom. The molecule has 106 valence electrons. The molecule has 0 radical (unpaired) electrons. The lowest BCUT2D eigenvalue weighted by Gasteiger charge is -2.35. The highest BCUT2D eigenvalue weighted by atomic mass is 15.1. The molecule has 1 aliphatic carbocycles. The average Bonchev–Trinajstić information content (AvgIpc) is 2.47. The van der Waals surface area contributed by atoms with Crippen LogP contribution in [0.3, 0.4) is 0 Å². The van der Waals surface area contributed by atoms with E-state index in [4.69, 9.17) is 0 Å². The van der Waals surface area contributed by atoms with Crippen molar-refractivity contribution in [1.82, 2.24) is 15.2 Å². The Hall–Kier alpha value is -0.930. The van der Waals surface area contributed by atoms with Gasteiger partial charge in [0.2, 0.25) is 0 Å². The molecule has 1 saturated carbocycles. The van der Waals surface area contributed by atoms with Crippen LogP contribution in [0.4, 0.5) is 0 Å². The lowest BCUT2D eigenvalue weighted by Crippen LogP contribution is -2.41. The Bertz CT molecular complexity index is 344. The number of nitrogens with one attached hydrogen (secondary N) is 1. The van der Waals surface area contributed by atoms with Crippen LogP contribution in [0.15, 0.2) is 24.5 Å². The summed E-state index contributed by atoms with van der Waals surface area (Å²) >= 11 is 0. The van der Waals surface area contributed by atoms with Crippen LogP contribution >= 0.6 is 0 Å². The highest BCUT2D eigenvalue weighted by Gasteiger charge is 2.22. The molecular formula is C16H27N3. The third-order valence-corrected chi connectivity index (χ3v) is 4.32. The lowest BCUT2D eigenvalue weighted by molar-refractivity contribution is 0.176. The molecule has 1 aliphatic rings. The van der Waals surface area contributed by atoms with Crippen LogP contribution in [0.2, 0.25) is 0 Å². The first kappa shape index (κ1) is 14.5. The molecule has 0 saturated heterocycles. The number of nitrogens with zero attached hydrogens (tertiary/aromatic N) is 2. The first-order valence-corrected chi connectivity index (χ1v) is 7.62. The number of hydrogen-bond acceptors (Lipinski definition) is 3. The SMILES string of the molecule is CCNC1CCC(N(C)CCc2ccncc2)CC1. The van der Waals surface area contributed by atoms with Crippen molar-refractivity contribution >= 4 is 0 Å². The average molecular weight is 261 g/mol.